The van der Waals surface area contributed by atoms with Crippen molar-refractivity contribution in [3.63, 3.8) is 0 Å². The van der Waals surface area contributed by atoms with Crippen LogP contribution in [-0.4, -0.2) is 44.7 Å². The number of nitrogens with zero attached hydrogens (tertiary/aromatic N) is 3. The normalized spacial score (nSPS) is 15.4. The molecule has 25 heavy (non-hydrogen) atoms. The van der Waals surface area contributed by atoms with Crippen molar-refractivity contribution in [2.45, 2.75) is 18.4 Å². The summed E-state index contributed by atoms with van der Waals surface area (Å²) >= 11 is 6.02. The number of hydrogen-bond donors (Lipinski definition) is 1. The second kappa shape index (κ2) is 7.65. The van der Waals surface area contributed by atoms with Gasteiger partial charge in [0.15, 0.2) is 0 Å². The Morgan fingerprint density at radius 3 is 2.80 bits per heavy atom. The zero-order valence-corrected chi connectivity index (χ0v) is 15.3. The van der Waals surface area contributed by atoms with Gasteiger partial charge in [0, 0.05) is 24.3 Å². The zero-order valence-electron chi connectivity index (χ0n) is 13.8. The van der Waals surface area contributed by atoms with E-state index in [2.05, 4.69) is 14.7 Å². The fourth-order valence-corrected chi connectivity index (χ4v) is 4.02. The molecule has 0 amide bonds. The molecule has 1 saturated heterocycles. The highest BCUT2D eigenvalue weighted by atomic mass is 35.5. The summed E-state index contributed by atoms with van der Waals surface area (Å²) in [6.07, 6.45) is 1.63. The molecule has 2 aromatic rings. The standard InChI is InChI=1S/C16H19ClN4O3S/c1-12-14(17)3-2-4-15(12)25(22,23)19-11-13-5-6-18-16(20-13)21-7-9-24-10-8-21/h2-6,19H,7-11H2,1H3. The minimum atomic E-state index is -3.68. The van der Waals surface area contributed by atoms with E-state index in [4.69, 9.17) is 16.3 Å². The number of aromatic nitrogens is 2. The minimum Gasteiger partial charge on any atom is -0.378 e. The van der Waals surface area contributed by atoms with Gasteiger partial charge in [-0.1, -0.05) is 17.7 Å². The molecule has 3 rings (SSSR count). The number of hydrogen-bond acceptors (Lipinski definition) is 6. The molecular weight excluding hydrogens is 364 g/mol. The first-order chi connectivity index (χ1) is 12.0. The third-order valence-electron chi connectivity index (χ3n) is 3.95. The molecule has 7 nitrogen and oxygen atoms in total. The average molecular weight is 383 g/mol. The van der Waals surface area contributed by atoms with Crippen LogP contribution in [0.1, 0.15) is 11.3 Å². The molecule has 1 aliphatic rings. The Balaban J connectivity index is 1.73. The van der Waals surface area contributed by atoms with E-state index < -0.39 is 10.0 Å². The number of nitrogens with one attached hydrogen (secondary N) is 1. The van der Waals surface area contributed by atoms with E-state index >= 15 is 0 Å². The Kier molecular flexibility index (Phi) is 5.53. The van der Waals surface area contributed by atoms with Crippen LogP contribution in [0.25, 0.3) is 0 Å². The van der Waals surface area contributed by atoms with Crippen LogP contribution < -0.4 is 9.62 Å². The molecule has 0 bridgehead atoms. The lowest BCUT2D eigenvalue weighted by Crippen LogP contribution is -2.37. The first kappa shape index (κ1) is 18.1. The smallest absolute Gasteiger partial charge is 0.241 e. The van der Waals surface area contributed by atoms with Gasteiger partial charge < -0.3 is 9.64 Å². The van der Waals surface area contributed by atoms with Crippen molar-refractivity contribution in [2.24, 2.45) is 0 Å². The van der Waals surface area contributed by atoms with Gasteiger partial charge in [0.05, 0.1) is 30.3 Å². The maximum Gasteiger partial charge on any atom is 0.241 e. The van der Waals surface area contributed by atoms with E-state index in [1.54, 1.807) is 31.3 Å². The number of halogens is 1. The monoisotopic (exact) mass is 382 g/mol. The van der Waals surface area contributed by atoms with E-state index in [9.17, 15) is 8.42 Å². The van der Waals surface area contributed by atoms with Gasteiger partial charge in [0.1, 0.15) is 0 Å². The second-order valence-electron chi connectivity index (χ2n) is 5.63. The predicted molar refractivity (Wildman–Crippen MR) is 95.3 cm³/mol. The van der Waals surface area contributed by atoms with E-state index in [0.717, 1.165) is 13.1 Å². The summed E-state index contributed by atoms with van der Waals surface area (Å²) in [5.41, 5.74) is 1.12. The molecule has 0 saturated carbocycles. The quantitative estimate of drug-likeness (QED) is 0.848. The Morgan fingerprint density at radius 1 is 1.28 bits per heavy atom. The lowest BCUT2D eigenvalue weighted by molar-refractivity contribution is 0.122. The summed E-state index contributed by atoms with van der Waals surface area (Å²) in [4.78, 5) is 10.9. The molecule has 0 aliphatic carbocycles. The molecule has 1 N–H and O–H groups in total. The molecule has 0 spiro atoms. The first-order valence-electron chi connectivity index (χ1n) is 7.87. The van der Waals surface area contributed by atoms with Gasteiger partial charge >= 0.3 is 0 Å². The van der Waals surface area contributed by atoms with Gasteiger partial charge in [-0.3, -0.25) is 0 Å². The molecule has 0 unspecified atom stereocenters. The summed E-state index contributed by atoms with van der Waals surface area (Å²) in [5, 5.41) is 0.416. The average Bonchev–Trinajstić information content (AvgIpc) is 2.63. The first-order valence-corrected chi connectivity index (χ1v) is 9.73. The highest BCUT2D eigenvalue weighted by molar-refractivity contribution is 7.89. The molecule has 2 heterocycles. The van der Waals surface area contributed by atoms with Gasteiger partial charge in [-0.05, 0) is 30.7 Å². The van der Waals surface area contributed by atoms with Crippen LogP contribution >= 0.6 is 11.6 Å². The molecule has 134 valence electrons. The van der Waals surface area contributed by atoms with Gasteiger partial charge in [0.2, 0.25) is 16.0 Å². The van der Waals surface area contributed by atoms with Crippen molar-refractivity contribution in [3.8, 4) is 0 Å². The Labute approximate surface area is 152 Å². The van der Waals surface area contributed by atoms with E-state index in [1.165, 1.54) is 6.07 Å². The fraction of sp³-hybridized carbons (Fsp3) is 0.375. The zero-order chi connectivity index (χ0) is 17.9. The summed E-state index contributed by atoms with van der Waals surface area (Å²) in [7, 11) is -3.68. The molecule has 1 aromatic carbocycles. The number of sulfonamides is 1. The van der Waals surface area contributed by atoms with Crippen molar-refractivity contribution < 1.29 is 13.2 Å². The number of anilines is 1. The highest BCUT2D eigenvalue weighted by Gasteiger charge is 2.19. The van der Waals surface area contributed by atoms with Crippen LogP contribution in [0.15, 0.2) is 35.4 Å². The van der Waals surface area contributed by atoms with Crippen LogP contribution in [0.3, 0.4) is 0 Å². The van der Waals surface area contributed by atoms with Crippen LogP contribution in [0.4, 0.5) is 5.95 Å². The molecule has 1 fully saturated rings. The lowest BCUT2D eigenvalue weighted by atomic mass is 10.2. The fourth-order valence-electron chi connectivity index (χ4n) is 2.52. The molecule has 0 atom stereocenters. The number of rotatable bonds is 5. The van der Waals surface area contributed by atoms with E-state index in [-0.39, 0.29) is 11.4 Å². The third kappa shape index (κ3) is 4.27. The van der Waals surface area contributed by atoms with Crippen LogP contribution in [0.5, 0.6) is 0 Å². The largest absolute Gasteiger partial charge is 0.378 e. The highest BCUT2D eigenvalue weighted by Crippen LogP contribution is 2.22. The third-order valence-corrected chi connectivity index (χ3v) is 5.90. The summed E-state index contributed by atoms with van der Waals surface area (Å²) in [5.74, 6) is 0.582. The molecule has 1 aliphatic heterocycles. The van der Waals surface area contributed by atoms with Gasteiger partial charge in [-0.2, -0.15) is 0 Å². The second-order valence-corrected chi connectivity index (χ2v) is 7.78. The van der Waals surface area contributed by atoms with Crippen LogP contribution in [0.2, 0.25) is 5.02 Å². The van der Waals surface area contributed by atoms with Crippen LogP contribution in [0, 0.1) is 6.92 Å². The summed E-state index contributed by atoms with van der Waals surface area (Å²) in [6, 6.07) is 6.50. The summed E-state index contributed by atoms with van der Waals surface area (Å²) < 4.78 is 32.9. The number of ether oxygens (including phenoxy) is 1. The molecule has 0 radical (unpaired) electrons. The Hall–Kier alpha value is -1.74. The van der Waals surface area contributed by atoms with Gasteiger partial charge in [-0.25, -0.2) is 23.1 Å². The topological polar surface area (TPSA) is 84.4 Å². The van der Waals surface area contributed by atoms with Crippen molar-refractivity contribution in [2.75, 3.05) is 31.2 Å². The maximum atomic E-state index is 12.5. The van der Waals surface area contributed by atoms with Crippen molar-refractivity contribution in [3.05, 3.63) is 46.7 Å². The van der Waals surface area contributed by atoms with Crippen molar-refractivity contribution in [1.29, 1.82) is 0 Å². The van der Waals surface area contributed by atoms with Gasteiger partial charge in [-0.15, -0.1) is 0 Å². The van der Waals surface area contributed by atoms with Crippen LogP contribution in [-0.2, 0) is 21.3 Å². The van der Waals surface area contributed by atoms with Crippen molar-refractivity contribution in [1.82, 2.24) is 14.7 Å². The van der Waals surface area contributed by atoms with E-state index in [0.29, 0.717) is 35.4 Å². The van der Waals surface area contributed by atoms with Gasteiger partial charge in [0.25, 0.3) is 0 Å². The number of benzene rings is 1. The Morgan fingerprint density at radius 2 is 2.04 bits per heavy atom. The minimum absolute atomic E-state index is 0.0775. The number of morpholine rings is 1. The SMILES string of the molecule is Cc1c(Cl)cccc1S(=O)(=O)NCc1ccnc(N2CCOCC2)n1. The maximum absolute atomic E-state index is 12.5. The lowest BCUT2D eigenvalue weighted by Gasteiger charge is -2.26. The molecule has 1 aromatic heterocycles. The van der Waals surface area contributed by atoms with Crippen molar-refractivity contribution >= 4 is 27.6 Å². The predicted octanol–water partition coefficient (Wildman–Crippen LogP) is 1.75. The molecular formula is C16H19ClN4O3S. The Bertz CT molecular complexity index is 854. The van der Waals surface area contributed by atoms with E-state index in [1.807, 2.05) is 4.90 Å². The summed E-state index contributed by atoms with van der Waals surface area (Å²) in [6.45, 7) is 4.46. The molecule has 9 heteroatoms.